The smallest absolute Gasteiger partial charge is 0.238 e. The normalized spacial score (nSPS) is 19.3. The van der Waals surface area contributed by atoms with Gasteiger partial charge in [0, 0.05) is 31.7 Å². The lowest BCUT2D eigenvalue weighted by molar-refractivity contribution is -0.122. The number of hydrogen-bond acceptors (Lipinski definition) is 4. The summed E-state index contributed by atoms with van der Waals surface area (Å²) in [5.41, 5.74) is 9.62. The van der Waals surface area contributed by atoms with Gasteiger partial charge in [0.05, 0.1) is 17.9 Å². The number of amides is 1. The van der Waals surface area contributed by atoms with E-state index >= 15 is 0 Å². The Hall–Kier alpha value is -2.90. The predicted octanol–water partition coefficient (Wildman–Crippen LogP) is 1.48. The highest BCUT2D eigenvalue weighted by molar-refractivity contribution is 5.82. The Morgan fingerprint density at radius 1 is 1.22 bits per heavy atom. The molecule has 7 heteroatoms. The molecule has 1 aromatic carbocycles. The monoisotopic (exact) mass is 364 g/mol. The first-order chi connectivity index (χ1) is 13.2. The van der Waals surface area contributed by atoms with Crippen molar-refractivity contribution in [2.24, 2.45) is 7.05 Å². The maximum Gasteiger partial charge on any atom is 0.238 e. The van der Waals surface area contributed by atoms with E-state index in [2.05, 4.69) is 31.9 Å². The van der Waals surface area contributed by atoms with E-state index in [0.29, 0.717) is 6.54 Å². The highest BCUT2D eigenvalue weighted by atomic mass is 16.2. The first kappa shape index (κ1) is 17.5. The molecule has 1 amide bonds. The molecule has 27 heavy (non-hydrogen) atoms. The van der Waals surface area contributed by atoms with Crippen LogP contribution in [0.25, 0.3) is 5.69 Å². The molecule has 0 bridgehead atoms. The van der Waals surface area contributed by atoms with Gasteiger partial charge in [0.25, 0.3) is 0 Å². The SMILES string of the molecule is Cn1cccc1C1CC(C(=O)NCCc2cnn(-c3ccccc3)c2)NN1. The number of hydrazine groups is 1. The van der Waals surface area contributed by atoms with Crippen LogP contribution in [0.15, 0.2) is 61.1 Å². The van der Waals surface area contributed by atoms with Crippen molar-refractivity contribution in [1.82, 2.24) is 30.5 Å². The standard InChI is InChI=1S/C20H24N6O/c1-25-11-5-8-19(25)17-12-18(24-23-17)20(27)21-10-9-15-13-22-26(14-15)16-6-3-2-4-7-16/h2-8,11,13-14,17-18,23-24H,9-10,12H2,1H3,(H,21,27). The minimum atomic E-state index is -0.225. The fraction of sp³-hybridized carbons (Fsp3) is 0.300. The molecule has 1 fully saturated rings. The number of para-hydroxylation sites is 1. The van der Waals surface area contributed by atoms with Gasteiger partial charge in [-0.1, -0.05) is 18.2 Å². The third-order valence-corrected chi connectivity index (χ3v) is 4.93. The second kappa shape index (κ2) is 7.77. The molecule has 0 aliphatic carbocycles. The predicted molar refractivity (Wildman–Crippen MR) is 103 cm³/mol. The zero-order valence-corrected chi connectivity index (χ0v) is 15.3. The Morgan fingerprint density at radius 2 is 2.07 bits per heavy atom. The zero-order chi connectivity index (χ0) is 18.6. The number of nitrogens with zero attached hydrogens (tertiary/aromatic N) is 3. The van der Waals surface area contributed by atoms with Crippen molar-refractivity contribution in [1.29, 1.82) is 0 Å². The summed E-state index contributed by atoms with van der Waals surface area (Å²) in [6, 6.07) is 14.0. The summed E-state index contributed by atoms with van der Waals surface area (Å²) >= 11 is 0. The third-order valence-electron chi connectivity index (χ3n) is 4.93. The van der Waals surface area contributed by atoms with E-state index in [1.807, 2.05) is 66.7 Å². The molecule has 2 aromatic heterocycles. The number of rotatable bonds is 6. The number of benzene rings is 1. The van der Waals surface area contributed by atoms with Crippen LogP contribution in [0.1, 0.15) is 23.7 Å². The number of aryl methyl sites for hydroxylation is 1. The highest BCUT2D eigenvalue weighted by Crippen LogP contribution is 2.22. The lowest BCUT2D eigenvalue weighted by Gasteiger charge is -2.11. The first-order valence-electron chi connectivity index (χ1n) is 9.19. The van der Waals surface area contributed by atoms with Crippen LogP contribution in [-0.2, 0) is 18.3 Å². The van der Waals surface area contributed by atoms with Gasteiger partial charge in [-0.05, 0) is 42.7 Å². The van der Waals surface area contributed by atoms with Crippen molar-refractivity contribution in [2.75, 3.05) is 6.54 Å². The van der Waals surface area contributed by atoms with Crippen LogP contribution in [0, 0.1) is 0 Å². The molecular weight excluding hydrogens is 340 g/mol. The van der Waals surface area contributed by atoms with Crippen LogP contribution in [0.2, 0.25) is 0 Å². The fourth-order valence-corrected chi connectivity index (χ4v) is 3.42. The molecule has 2 atom stereocenters. The molecule has 4 rings (SSSR count). The summed E-state index contributed by atoms with van der Waals surface area (Å²) < 4.78 is 3.92. The second-order valence-electron chi connectivity index (χ2n) is 6.84. The minimum absolute atomic E-state index is 0.0228. The van der Waals surface area contributed by atoms with E-state index in [-0.39, 0.29) is 18.0 Å². The molecule has 0 spiro atoms. The van der Waals surface area contributed by atoms with Crippen molar-refractivity contribution in [2.45, 2.75) is 24.9 Å². The maximum atomic E-state index is 12.4. The summed E-state index contributed by atoms with van der Waals surface area (Å²) in [5.74, 6) is 0.0228. The van der Waals surface area contributed by atoms with Crippen molar-refractivity contribution >= 4 is 5.91 Å². The molecule has 3 aromatic rings. The summed E-state index contributed by atoms with van der Waals surface area (Å²) in [6.07, 6.45) is 7.35. The second-order valence-corrected chi connectivity index (χ2v) is 6.84. The lowest BCUT2D eigenvalue weighted by Crippen LogP contribution is -2.43. The van der Waals surface area contributed by atoms with Gasteiger partial charge in [-0.25, -0.2) is 15.5 Å². The van der Waals surface area contributed by atoms with Crippen LogP contribution >= 0.6 is 0 Å². The van der Waals surface area contributed by atoms with E-state index in [1.54, 1.807) is 0 Å². The summed E-state index contributed by atoms with van der Waals surface area (Å²) in [7, 11) is 2.01. The van der Waals surface area contributed by atoms with Crippen molar-refractivity contribution in [3.63, 3.8) is 0 Å². The Kier molecular flexibility index (Phi) is 5.04. The quantitative estimate of drug-likeness (QED) is 0.619. The number of nitrogens with one attached hydrogen (secondary N) is 3. The Balaban J connectivity index is 1.26. The Labute approximate surface area is 158 Å². The molecule has 7 nitrogen and oxygen atoms in total. The number of aromatic nitrogens is 3. The van der Waals surface area contributed by atoms with E-state index in [4.69, 9.17) is 0 Å². The Morgan fingerprint density at radius 3 is 2.85 bits per heavy atom. The number of carbonyl (C=O) groups excluding carboxylic acids is 1. The van der Waals surface area contributed by atoms with Crippen LogP contribution in [0.4, 0.5) is 0 Å². The lowest BCUT2D eigenvalue weighted by atomic mass is 10.1. The van der Waals surface area contributed by atoms with Gasteiger partial charge < -0.3 is 9.88 Å². The zero-order valence-electron chi connectivity index (χ0n) is 15.3. The summed E-state index contributed by atoms with van der Waals surface area (Å²) in [6.45, 7) is 0.590. The first-order valence-corrected chi connectivity index (χ1v) is 9.19. The van der Waals surface area contributed by atoms with Crippen molar-refractivity contribution < 1.29 is 4.79 Å². The van der Waals surface area contributed by atoms with Gasteiger partial charge >= 0.3 is 0 Å². The number of carbonyl (C=O) groups is 1. The van der Waals surface area contributed by atoms with E-state index in [1.165, 1.54) is 5.69 Å². The molecule has 140 valence electrons. The van der Waals surface area contributed by atoms with Gasteiger partial charge in [0.2, 0.25) is 5.91 Å². The molecule has 2 unspecified atom stereocenters. The highest BCUT2D eigenvalue weighted by Gasteiger charge is 2.30. The van der Waals surface area contributed by atoms with Gasteiger partial charge in [-0.15, -0.1) is 0 Å². The Bertz CT molecular complexity index is 900. The van der Waals surface area contributed by atoms with E-state index < -0.39 is 0 Å². The minimum Gasteiger partial charge on any atom is -0.354 e. The van der Waals surface area contributed by atoms with E-state index in [9.17, 15) is 4.79 Å². The topological polar surface area (TPSA) is 75.9 Å². The largest absolute Gasteiger partial charge is 0.354 e. The van der Waals surface area contributed by atoms with Crippen LogP contribution in [-0.4, -0.2) is 32.8 Å². The molecular formula is C20H24N6O. The molecule has 0 saturated carbocycles. The average molecular weight is 364 g/mol. The summed E-state index contributed by atoms with van der Waals surface area (Å²) in [4.78, 5) is 12.4. The molecule has 0 radical (unpaired) electrons. The van der Waals surface area contributed by atoms with Crippen LogP contribution < -0.4 is 16.2 Å². The van der Waals surface area contributed by atoms with E-state index in [0.717, 1.165) is 24.1 Å². The van der Waals surface area contributed by atoms with Gasteiger partial charge in [0.1, 0.15) is 6.04 Å². The molecule has 1 aliphatic heterocycles. The molecule has 1 aliphatic rings. The van der Waals surface area contributed by atoms with Crippen molar-refractivity contribution in [3.05, 3.63) is 72.3 Å². The molecule has 3 N–H and O–H groups in total. The van der Waals surface area contributed by atoms with Crippen LogP contribution in [0.5, 0.6) is 0 Å². The maximum absolute atomic E-state index is 12.4. The fourth-order valence-electron chi connectivity index (χ4n) is 3.42. The van der Waals surface area contributed by atoms with Gasteiger partial charge in [-0.3, -0.25) is 4.79 Å². The third kappa shape index (κ3) is 3.94. The van der Waals surface area contributed by atoms with Crippen LogP contribution in [0.3, 0.4) is 0 Å². The number of hydrogen-bond donors (Lipinski definition) is 3. The average Bonchev–Trinajstić information content (AvgIpc) is 3.42. The van der Waals surface area contributed by atoms with Gasteiger partial charge in [-0.2, -0.15) is 5.10 Å². The summed E-state index contributed by atoms with van der Waals surface area (Å²) in [5, 5.41) is 7.40. The molecule has 3 heterocycles. The van der Waals surface area contributed by atoms with Crippen molar-refractivity contribution in [3.8, 4) is 5.69 Å². The van der Waals surface area contributed by atoms with Gasteiger partial charge in [0.15, 0.2) is 0 Å². The molecule has 1 saturated heterocycles.